The van der Waals surface area contributed by atoms with Crippen LogP contribution in [0.15, 0.2) is 4.47 Å². The summed E-state index contributed by atoms with van der Waals surface area (Å²) in [4.78, 5) is 22.5. The molecule has 0 bridgehead atoms. The van der Waals surface area contributed by atoms with Crippen LogP contribution in [0.1, 0.15) is 37.2 Å². The Morgan fingerprint density at radius 3 is 2.58 bits per heavy atom. The molecule has 0 aliphatic rings. The standard InChI is InChI=1S/C12H17BrClN3O2/c1-7-11(13)8(2)17(16-7)9(3)12(19)15-6-4-5-10(14)18/h9H,4-6H2,1-3H3,(H,15,19). The number of aryl methyl sites for hydroxylation is 1. The van der Waals surface area contributed by atoms with Gasteiger partial charge in [-0.25, -0.2) is 0 Å². The van der Waals surface area contributed by atoms with Crippen LogP contribution in [0, 0.1) is 13.8 Å². The van der Waals surface area contributed by atoms with Crippen molar-refractivity contribution in [3.8, 4) is 0 Å². The molecule has 5 nitrogen and oxygen atoms in total. The molecule has 0 aliphatic heterocycles. The minimum atomic E-state index is -0.392. The van der Waals surface area contributed by atoms with E-state index in [1.54, 1.807) is 11.6 Å². The quantitative estimate of drug-likeness (QED) is 0.633. The number of hydrogen-bond acceptors (Lipinski definition) is 3. The lowest BCUT2D eigenvalue weighted by molar-refractivity contribution is -0.124. The molecule has 7 heteroatoms. The molecule has 19 heavy (non-hydrogen) atoms. The van der Waals surface area contributed by atoms with E-state index in [4.69, 9.17) is 11.6 Å². The first-order valence-corrected chi connectivity index (χ1v) is 7.19. The predicted octanol–water partition coefficient (Wildman–Crippen LogP) is 2.49. The van der Waals surface area contributed by atoms with Crippen LogP contribution < -0.4 is 5.32 Å². The Morgan fingerprint density at radius 2 is 2.11 bits per heavy atom. The van der Waals surface area contributed by atoms with Crippen LogP contribution in [0.2, 0.25) is 0 Å². The molecule has 0 radical (unpaired) electrons. The summed E-state index contributed by atoms with van der Waals surface area (Å²) in [5.41, 5.74) is 1.76. The van der Waals surface area contributed by atoms with Crippen molar-refractivity contribution in [3.05, 3.63) is 15.9 Å². The highest BCUT2D eigenvalue weighted by atomic mass is 79.9. The monoisotopic (exact) mass is 349 g/mol. The third-order valence-electron chi connectivity index (χ3n) is 2.83. The van der Waals surface area contributed by atoms with E-state index in [1.165, 1.54) is 0 Å². The molecule has 1 aromatic rings. The minimum absolute atomic E-state index is 0.125. The van der Waals surface area contributed by atoms with Gasteiger partial charge in [0, 0.05) is 13.0 Å². The number of hydrogen-bond donors (Lipinski definition) is 1. The van der Waals surface area contributed by atoms with Crippen molar-refractivity contribution < 1.29 is 9.59 Å². The molecule has 106 valence electrons. The molecule has 0 aromatic carbocycles. The van der Waals surface area contributed by atoms with Crippen molar-refractivity contribution in [2.45, 2.75) is 39.7 Å². The maximum absolute atomic E-state index is 12.0. The first kappa shape index (κ1) is 16.2. The number of amides is 1. The van der Waals surface area contributed by atoms with E-state index < -0.39 is 6.04 Å². The number of carbonyl (C=O) groups excluding carboxylic acids is 2. The van der Waals surface area contributed by atoms with Crippen molar-refractivity contribution >= 4 is 38.7 Å². The lowest BCUT2D eigenvalue weighted by Crippen LogP contribution is -2.32. The molecule has 1 atom stereocenters. The molecular weight excluding hydrogens is 334 g/mol. The lowest BCUT2D eigenvalue weighted by Gasteiger charge is -2.14. The van der Waals surface area contributed by atoms with Gasteiger partial charge in [0.15, 0.2) is 0 Å². The first-order chi connectivity index (χ1) is 8.84. The fourth-order valence-electron chi connectivity index (χ4n) is 1.72. The van der Waals surface area contributed by atoms with Gasteiger partial charge in [0.25, 0.3) is 0 Å². The summed E-state index contributed by atoms with van der Waals surface area (Å²) < 4.78 is 2.60. The van der Waals surface area contributed by atoms with E-state index in [1.807, 2.05) is 13.8 Å². The lowest BCUT2D eigenvalue weighted by atomic mass is 10.3. The van der Waals surface area contributed by atoms with Gasteiger partial charge in [-0.15, -0.1) is 0 Å². The molecule has 0 saturated heterocycles. The second kappa shape index (κ2) is 7.05. The Balaban J connectivity index is 2.57. The van der Waals surface area contributed by atoms with Crippen LogP contribution in [0.4, 0.5) is 0 Å². The van der Waals surface area contributed by atoms with Crippen molar-refractivity contribution in [1.82, 2.24) is 15.1 Å². The molecule has 1 rings (SSSR count). The van der Waals surface area contributed by atoms with Crippen molar-refractivity contribution in [1.29, 1.82) is 0 Å². The van der Waals surface area contributed by atoms with Gasteiger partial charge in [-0.1, -0.05) is 0 Å². The number of nitrogens with zero attached hydrogens (tertiary/aromatic N) is 2. The third kappa shape index (κ3) is 4.31. The number of nitrogens with one attached hydrogen (secondary N) is 1. The molecule has 0 saturated carbocycles. The first-order valence-electron chi connectivity index (χ1n) is 6.01. The van der Waals surface area contributed by atoms with E-state index in [0.717, 1.165) is 15.9 Å². The molecule has 1 amide bonds. The zero-order valence-electron chi connectivity index (χ0n) is 11.2. The van der Waals surface area contributed by atoms with Crippen LogP contribution in [-0.2, 0) is 9.59 Å². The van der Waals surface area contributed by atoms with Gasteiger partial charge in [0.1, 0.15) is 6.04 Å². The molecule has 0 spiro atoms. The molecule has 1 aromatic heterocycles. The maximum atomic E-state index is 12.0. The van der Waals surface area contributed by atoms with Gasteiger partial charge in [-0.05, 0) is 54.7 Å². The molecular formula is C12H17BrClN3O2. The summed E-state index contributed by atoms with van der Waals surface area (Å²) in [5, 5.41) is 6.70. The zero-order valence-corrected chi connectivity index (χ0v) is 13.5. The van der Waals surface area contributed by atoms with Crippen LogP contribution >= 0.6 is 27.5 Å². The molecule has 1 unspecified atom stereocenters. The van der Waals surface area contributed by atoms with E-state index in [9.17, 15) is 9.59 Å². The third-order valence-corrected chi connectivity index (χ3v) is 4.17. The summed E-state index contributed by atoms with van der Waals surface area (Å²) in [6.45, 7) is 6.00. The maximum Gasteiger partial charge on any atom is 0.244 e. The molecule has 1 heterocycles. The average Bonchev–Trinajstić information content (AvgIpc) is 2.61. The number of aromatic nitrogens is 2. The van der Waals surface area contributed by atoms with E-state index >= 15 is 0 Å². The second-order valence-electron chi connectivity index (χ2n) is 4.36. The smallest absolute Gasteiger partial charge is 0.244 e. The highest BCUT2D eigenvalue weighted by Crippen LogP contribution is 2.22. The average molecular weight is 351 g/mol. The van der Waals surface area contributed by atoms with E-state index in [2.05, 4.69) is 26.3 Å². The Kier molecular flexibility index (Phi) is 6.00. The SMILES string of the molecule is Cc1nn(C(C)C(=O)NCCCC(=O)Cl)c(C)c1Br. The highest BCUT2D eigenvalue weighted by Gasteiger charge is 2.19. The van der Waals surface area contributed by atoms with Crippen LogP contribution in [0.3, 0.4) is 0 Å². The Morgan fingerprint density at radius 1 is 1.47 bits per heavy atom. The molecule has 0 aliphatic carbocycles. The molecule has 1 N–H and O–H groups in total. The Bertz CT molecular complexity index is 488. The highest BCUT2D eigenvalue weighted by molar-refractivity contribution is 9.10. The van der Waals surface area contributed by atoms with Crippen LogP contribution in [-0.4, -0.2) is 27.5 Å². The summed E-state index contributed by atoms with van der Waals surface area (Å²) in [6, 6.07) is -0.392. The van der Waals surface area contributed by atoms with Gasteiger partial charge in [-0.3, -0.25) is 14.3 Å². The summed E-state index contributed by atoms with van der Waals surface area (Å²) in [5.74, 6) is -0.125. The summed E-state index contributed by atoms with van der Waals surface area (Å²) >= 11 is 8.65. The van der Waals surface area contributed by atoms with Gasteiger partial charge >= 0.3 is 0 Å². The van der Waals surface area contributed by atoms with E-state index in [0.29, 0.717) is 13.0 Å². The fourth-order valence-corrected chi connectivity index (χ4v) is 2.11. The van der Waals surface area contributed by atoms with Gasteiger partial charge < -0.3 is 5.32 Å². The minimum Gasteiger partial charge on any atom is -0.354 e. The van der Waals surface area contributed by atoms with Crippen LogP contribution in [0.5, 0.6) is 0 Å². The van der Waals surface area contributed by atoms with Crippen molar-refractivity contribution in [3.63, 3.8) is 0 Å². The summed E-state index contributed by atoms with van der Waals surface area (Å²) in [7, 11) is 0. The Labute approximate surface area is 125 Å². The van der Waals surface area contributed by atoms with Crippen molar-refractivity contribution in [2.75, 3.05) is 6.54 Å². The predicted molar refractivity (Wildman–Crippen MR) is 77.2 cm³/mol. The Hall–Kier alpha value is -0.880. The van der Waals surface area contributed by atoms with Gasteiger partial charge in [-0.2, -0.15) is 5.10 Å². The normalized spacial score (nSPS) is 12.3. The topological polar surface area (TPSA) is 64.0 Å². The van der Waals surface area contributed by atoms with Crippen LogP contribution in [0.25, 0.3) is 0 Å². The van der Waals surface area contributed by atoms with Gasteiger partial charge in [0.2, 0.25) is 11.1 Å². The molecule has 0 fully saturated rings. The number of halogens is 2. The zero-order chi connectivity index (χ0) is 14.6. The summed E-state index contributed by atoms with van der Waals surface area (Å²) in [6.07, 6.45) is 0.809. The fraction of sp³-hybridized carbons (Fsp3) is 0.583. The van der Waals surface area contributed by atoms with E-state index in [-0.39, 0.29) is 17.6 Å². The van der Waals surface area contributed by atoms with Crippen molar-refractivity contribution in [2.24, 2.45) is 0 Å². The largest absolute Gasteiger partial charge is 0.354 e. The number of carbonyl (C=O) groups is 2. The van der Waals surface area contributed by atoms with Gasteiger partial charge in [0.05, 0.1) is 15.9 Å². The number of rotatable bonds is 6. The second-order valence-corrected chi connectivity index (χ2v) is 5.57.